The first-order valence-corrected chi connectivity index (χ1v) is 8.16. The summed E-state index contributed by atoms with van der Waals surface area (Å²) in [5.74, 6) is 0.414. The Labute approximate surface area is 127 Å². The molecule has 1 aromatic carbocycles. The van der Waals surface area contributed by atoms with Gasteiger partial charge in [-0.2, -0.15) is 0 Å². The molecule has 0 saturated carbocycles. The first-order valence-electron chi connectivity index (χ1n) is 8.16. The maximum atomic E-state index is 10.0. The van der Waals surface area contributed by atoms with Crippen molar-refractivity contribution in [2.24, 2.45) is 5.73 Å². The Morgan fingerprint density at radius 3 is 2.57 bits per heavy atom. The number of nitrogens with two attached hydrogens (primary N) is 1. The van der Waals surface area contributed by atoms with Crippen molar-refractivity contribution in [1.82, 2.24) is 9.80 Å². The fourth-order valence-electron chi connectivity index (χ4n) is 3.74. The highest BCUT2D eigenvalue weighted by Gasteiger charge is 2.32. The van der Waals surface area contributed by atoms with Crippen molar-refractivity contribution in [1.29, 1.82) is 0 Å². The van der Waals surface area contributed by atoms with Gasteiger partial charge in [-0.3, -0.25) is 9.80 Å². The summed E-state index contributed by atoms with van der Waals surface area (Å²) in [5, 5.41) is 10.0. The topological polar surface area (TPSA) is 52.7 Å². The van der Waals surface area contributed by atoms with Gasteiger partial charge >= 0.3 is 0 Å². The molecule has 2 atom stereocenters. The number of hydrogen-bond donors (Lipinski definition) is 2. The Morgan fingerprint density at radius 1 is 1.14 bits per heavy atom. The van der Waals surface area contributed by atoms with Gasteiger partial charge in [0.25, 0.3) is 0 Å². The Kier molecular flexibility index (Phi) is 4.48. The van der Waals surface area contributed by atoms with E-state index in [4.69, 9.17) is 5.73 Å². The third kappa shape index (κ3) is 3.23. The number of rotatable bonds is 3. The number of para-hydroxylation sites is 1. The molecule has 2 aliphatic rings. The molecule has 2 heterocycles. The first kappa shape index (κ1) is 14.8. The van der Waals surface area contributed by atoms with E-state index in [2.05, 4.69) is 16.7 Å². The second-order valence-corrected chi connectivity index (χ2v) is 6.55. The van der Waals surface area contributed by atoms with Crippen molar-refractivity contribution in [3.63, 3.8) is 0 Å². The molecule has 0 amide bonds. The molecule has 2 fully saturated rings. The van der Waals surface area contributed by atoms with Crippen molar-refractivity contribution < 1.29 is 5.11 Å². The van der Waals surface area contributed by atoms with Gasteiger partial charge in [0.15, 0.2) is 0 Å². The van der Waals surface area contributed by atoms with Crippen LogP contribution >= 0.6 is 0 Å². The molecule has 1 aromatic rings. The highest BCUT2D eigenvalue weighted by molar-refractivity contribution is 5.34. The molecule has 2 saturated heterocycles. The van der Waals surface area contributed by atoms with Crippen LogP contribution in [0.25, 0.3) is 0 Å². The molecule has 116 valence electrons. The van der Waals surface area contributed by atoms with Gasteiger partial charge in [0.05, 0.1) is 0 Å². The zero-order chi connectivity index (χ0) is 14.8. The molecule has 3 N–H and O–H groups in total. The van der Waals surface area contributed by atoms with Crippen molar-refractivity contribution in [2.75, 3.05) is 26.2 Å². The number of piperidine rings is 1. The first-order chi connectivity index (χ1) is 10.1. The van der Waals surface area contributed by atoms with Gasteiger partial charge < -0.3 is 10.8 Å². The van der Waals surface area contributed by atoms with E-state index in [0.29, 0.717) is 17.8 Å². The zero-order valence-electron chi connectivity index (χ0n) is 12.9. The van der Waals surface area contributed by atoms with Gasteiger partial charge in [-0.25, -0.2) is 0 Å². The molecular formula is C17H27N3O. The largest absolute Gasteiger partial charge is 0.508 e. The molecular weight excluding hydrogens is 262 g/mol. The second-order valence-electron chi connectivity index (χ2n) is 6.55. The van der Waals surface area contributed by atoms with Gasteiger partial charge in [0.2, 0.25) is 0 Å². The van der Waals surface area contributed by atoms with Crippen molar-refractivity contribution in [3.8, 4) is 5.75 Å². The van der Waals surface area contributed by atoms with Gasteiger partial charge in [-0.15, -0.1) is 0 Å². The van der Waals surface area contributed by atoms with E-state index >= 15 is 0 Å². The smallest absolute Gasteiger partial charge is 0.120 e. The van der Waals surface area contributed by atoms with E-state index in [-0.39, 0.29) is 6.04 Å². The number of aromatic hydroxyl groups is 1. The molecule has 2 unspecified atom stereocenters. The summed E-state index contributed by atoms with van der Waals surface area (Å²) >= 11 is 0. The van der Waals surface area contributed by atoms with Gasteiger partial charge in [0.1, 0.15) is 5.75 Å². The van der Waals surface area contributed by atoms with E-state index in [1.54, 1.807) is 6.07 Å². The van der Waals surface area contributed by atoms with Crippen LogP contribution < -0.4 is 5.73 Å². The molecule has 3 rings (SSSR count). The normalized spacial score (nSPS) is 27.0. The number of phenolic OH excluding ortho intramolecular Hbond substituents is 1. The Hall–Kier alpha value is -1.10. The fourth-order valence-corrected chi connectivity index (χ4v) is 3.74. The molecule has 21 heavy (non-hydrogen) atoms. The van der Waals surface area contributed by atoms with E-state index in [1.165, 1.54) is 6.42 Å². The average molecular weight is 289 g/mol. The molecule has 4 nitrogen and oxygen atoms in total. The van der Waals surface area contributed by atoms with E-state index in [0.717, 1.165) is 44.6 Å². The summed E-state index contributed by atoms with van der Waals surface area (Å²) in [6, 6.07) is 9.05. The average Bonchev–Trinajstić information content (AvgIpc) is 2.98. The predicted molar refractivity (Wildman–Crippen MR) is 85.3 cm³/mol. The lowest BCUT2D eigenvalue weighted by Crippen LogP contribution is -2.46. The lowest BCUT2D eigenvalue weighted by atomic mass is 10.0. The van der Waals surface area contributed by atoms with Crippen LogP contribution in [-0.4, -0.2) is 53.2 Å². The minimum atomic E-state index is 0.281. The molecule has 2 aliphatic heterocycles. The molecule has 0 radical (unpaired) electrons. The number of nitrogens with zero attached hydrogens (tertiary/aromatic N) is 2. The quantitative estimate of drug-likeness (QED) is 0.893. The lowest BCUT2D eigenvalue weighted by Gasteiger charge is -2.35. The summed E-state index contributed by atoms with van der Waals surface area (Å²) < 4.78 is 0. The molecule has 0 aromatic heterocycles. The van der Waals surface area contributed by atoms with Crippen LogP contribution in [0.2, 0.25) is 0 Å². The summed E-state index contributed by atoms with van der Waals surface area (Å²) in [4.78, 5) is 5.11. The van der Waals surface area contributed by atoms with Crippen LogP contribution in [0.4, 0.5) is 0 Å². The third-order valence-electron chi connectivity index (χ3n) is 5.22. The van der Waals surface area contributed by atoms with Gasteiger partial charge in [-0.1, -0.05) is 18.2 Å². The summed E-state index contributed by atoms with van der Waals surface area (Å²) in [6.07, 6.45) is 3.49. The van der Waals surface area contributed by atoms with Gasteiger partial charge in [0, 0.05) is 36.8 Å². The van der Waals surface area contributed by atoms with Crippen molar-refractivity contribution in [2.45, 2.75) is 44.3 Å². The Bertz CT molecular complexity index is 471. The van der Waals surface area contributed by atoms with E-state index in [9.17, 15) is 5.11 Å². The number of likely N-dealkylation sites (tertiary alicyclic amines) is 2. The van der Waals surface area contributed by atoms with Crippen LogP contribution in [0.5, 0.6) is 5.75 Å². The Balaban J connectivity index is 1.60. The summed E-state index contributed by atoms with van der Waals surface area (Å²) in [5.41, 5.74) is 7.04. The van der Waals surface area contributed by atoms with Crippen LogP contribution in [-0.2, 0) is 0 Å². The maximum absolute atomic E-state index is 10.0. The van der Waals surface area contributed by atoms with Crippen molar-refractivity contribution >= 4 is 0 Å². The lowest BCUT2D eigenvalue weighted by molar-refractivity contribution is 0.145. The molecule has 0 aliphatic carbocycles. The zero-order valence-corrected chi connectivity index (χ0v) is 12.9. The van der Waals surface area contributed by atoms with Crippen LogP contribution in [0.3, 0.4) is 0 Å². The fraction of sp³-hybridized carbons (Fsp3) is 0.647. The van der Waals surface area contributed by atoms with E-state index < -0.39 is 0 Å². The Morgan fingerprint density at radius 2 is 1.86 bits per heavy atom. The SMILES string of the molecule is CC(c1ccccc1O)N1CCC(N2CCC(N)CC2)C1. The maximum Gasteiger partial charge on any atom is 0.120 e. The van der Waals surface area contributed by atoms with Crippen LogP contribution in [0.1, 0.15) is 37.8 Å². The molecule has 0 spiro atoms. The van der Waals surface area contributed by atoms with Crippen molar-refractivity contribution in [3.05, 3.63) is 29.8 Å². The third-order valence-corrected chi connectivity index (χ3v) is 5.22. The van der Waals surface area contributed by atoms with Crippen LogP contribution in [0.15, 0.2) is 24.3 Å². The minimum Gasteiger partial charge on any atom is -0.508 e. The van der Waals surface area contributed by atoms with Crippen LogP contribution in [0, 0.1) is 0 Å². The number of hydrogen-bond acceptors (Lipinski definition) is 4. The highest BCUT2D eigenvalue weighted by atomic mass is 16.3. The van der Waals surface area contributed by atoms with Gasteiger partial charge in [-0.05, 0) is 45.3 Å². The molecule has 4 heteroatoms. The number of benzene rings is 1. The monoisotopic (exact) mass is 289 g/mol. The number of phenols is 1. The molecule has 0 bridgehead atoms. The summed E-state index contributed by atoms with van der Waals surface area (Å²) in [7, 11) is 0. The highest BCUT2D eigenvalue weighted by Crippen LogP contribution is 2.31. The predicted octanol–water partition coefficient (Wildman–Crippen LogP) is 1.95. The van der Waals surface area contributed by atoms with E-state index in [1.807, 2.05) is 18.2 Å². The minimum absolute atomic E-state index is 0.281. The standard InChI is InChI=1S/C17H27N3O/c1-13(16-4-2-3-5-17(16)21)20-11-8-15(12-20)19-9-6-14(18)7-10-19/h2-5,13-15,21H,6-12,18H2,1H3. The summed E-state index contributed by atoms with van der Waals surface area (Å²) in [6.45, 7) is 6.70. The second kappa shape index (κ2) is 6.34.